The standard InChI is InChI=1S/C15H16N2O5/c1-9-10(15(21)22-2)4-3-5-11(9)16-12-8-13(19)17(6-7-18)14(12)20/h3-5,8,16,18H,6-7H2,1-2H3. The van der Waals surface area contributed by atoms with E-state index in [9.17, 15) is 14.4 Å². The number of esters is 1. The highest BCUT2D eigenvalue weighted by Crippen LogP contribution is 2.23. The van der Waals surface area contributed by atoms with Crippen molar-refractivity contribution in [2.45, 2.75) is 6.92 Å². The highest BCUT2D eigenvalue weighted by Gasteiger charge is 2.30. The zero-order valence-corrected chi connectivity index (χ0v) is 12.3. The lowest BCUT2D eigenvalue weighted by molar-refractivity contribution is -0.137. The molecular weight excluding hydrogens is 288 g/mol. The molecule has 0 atom stereocenters. The topological polar surface area (TPSA) is 95.9 Å². The summed E-state index contributed by atoms with van der Waals surface area (Å²) in [7, 11) is 1.29. The number of aliphatic hydroxyl groups is 1. The van der Waals surface area contributed by atoms with Gasteiger partial charge in [0.1, 0.15) is 5.70 Å². The predicted molar refractivity (Wildman–Crippen MR) is 78.0 cm³/mol. The van der Waals surface area contributed by atoms with E-state index in [1.54, 1.807) is 25.1 Å². The Morgan fingerprint density at radius 3 is 2.73 bits per heavy atom. The molecule has 0 unspecified atom stereocenters. The van der Waals surface area contributed by atoms with Gasteiger partial charge in [-0.3, -0.25) is 14.5 Å². The second-order valence-electron chi connectivity index (χ2n) is 4.67. The van der Waals surface area contributed by atoms with Crippen molar-refractivity contribution in [1.82, 2.24) is 4.90 Å². The first-order valence-electron chi connectivity index (χ1n) is 6.63. The Morgan fingerprint density at radius 2 is 2.09 bits per heavy atom. The fourth-order valence-electron chi connectivity index (χ4n) is 2.16. The van der Waals surface area contributed by atoms with Crippen LogP contribution in [0.3, 0.4) is 0 Å². The molecule has 116 valence electrons. The van der Waals surface area contributed by atoms with E-state index in [1.165, 1.54) is 13.2 Å². The fourth-order valence-corrected chi connectivity index (χ4v) is 2.16. The second kappa shape index (κ2) is 6.40. The van der Waals surface area contributed by atoms with Crippen molar-refractivity contribution in [1.29, 1.82) is 0 Å². The van der Waals surface area contributed by atoms with Gasteiger partial charge in [-0.25, -0.2) is 4.79 Å². The van der Waals surface area contributed by atoms with Crippen LogP contribution >= 0.6 is 0 Å². The van der Waals surface area contributed by atoms with E-state index in [-0.39, 0.29) is 18.8 Å². The molecule has 22 heavy (non-hydrogen) atoms. The number of methoxy groups -OCH3 is 1. The molecular formula is C15H16N2O5. The molecule has 0 saturated carbocycles. The Balaban J connectivity index is 2.25. The van der Waals surface area contributed by atoms with Crippen LogP contribution in [0.1, 0.15) is 15.9 Å². The van der Waals surface area contributed by atoms with Gasteiger partial charge in [0.25, 0.3) is 11.8 Å². The van der Waals surface area contributed by atoms with Crippen LogP contribution in [0.4, 0.5) is 5.69 Å². The van der Waals surface area contributed by atoms with Gasteiger partial charge in [0.05, 0.1) is 25.8 Å². The molecule has 0 aliphatic carbocycles. The average molecular weight is 304 g/mol. The van der Waals surface area contributed by atoms with Gasteiger partial charge in [0.2, 0.25) is 0 Å². The van der Waals surface area contributed by atoms with Crippen molar-refractivity contribution in [3.8, 4) is 0 Å². The zero-order valence-electron chi connectivity index (χ0n) is 12.3. The monoisotopic (exact) mass is 304 g/mol. The van der Waals surface area contributed by atoms with E-state index >= 15 is 0 Å². The molecule has 0 radical (unpaired) electrons. The van der Waals surface area contributed by atoms with Gasteiger partial charge < -0.3 is 15.2 Å². The van der Waals surface area contributed by atoms with Crippen molar-refractivity contribution < 1.29 is 24.2 Å². The molecule has 2 amide bonds. The molecule has 0 aromatic heterocycles. The number of amides is 2. The Kier molecular flexibility index (Phi) is 4.57. The lowest BCUT2D eigenvalue weighted by Crippen LogP contribution is -2.34. The molecule has 7 nitrogen and oxygen atoms in total. The van der Waals surface area contributed by atoms with Gasteiger partial charge in [-0.15, -0.1) is 0 Å². The lowest BCUT2D eigenvalue weighted by Gasteiger charge is -2.15. The third-order valence-corrected chi connectivity index (χ3v) is 3.34. The van der Waals surface area contributed by atoms with E-state index in [2.05, 4.69) is 5.32 Å². The number of ether oxygens (including phenoxy) is 1. The van der Waals surface area contributed by atoms with Crippen LogP contribution in [0.15, 0.2) is 30.0 Å². The molecule has 7 heteroatoms. The Bertz CT molecular complexity index is 666. The third kappa shape index (κ3) is 2.84. The predicted octanol–water partition coefficient (Wildman–Crippen LogP) is 0.439. The van der Waals surface area contributed by atoms with Crippen LogP contribution in [-0.2, 0) is 14.3 Å². The summed E-state index contributed by atoms with van der Waals surface area (Å²) >= 11 is 0. The number of benzene rings is 1. The van der Waals surface area contributed by atoms with Crippen LogP contribution < -0.4 is 5.32 Å². The molecule has 2 rings (SSSR count). The molecule has 0 bridgehead atoms. The molecule has 1 aliphatic heterocycles. The van der Waals surface area contributed by atoms with E-state index < -0.39 is 17.8 Å². The number of imide groups is 1. The molecule has 0 saturated heterocycles. The number of nitrogens with one attached hydrogen (secondary N) is 1. The normalized spacial score (nSPS) is 14.1. The van der Waals surface area contributed by atoms with E-state index in [0.717, 1.165) is 4.90 Å². The fraction of sp³-hybridized carbons (Fsp3) is 0.267. The summed E-state index contributed by atoms with van der Waals surface area (Å²) in [5.74, 6) is -1.48. The molecule has 0 spiro atoms. The summed E-state index contributed by atoms with van der Waals surface area (Å²) in [5, 5.41) is 11.7. The van der Waals surface area contributed by atoms with Crippen molar-refractivity contribution in [3.63, 3.8) is 0 Å². The Morgan fingerprint density at radius 1 is 1.36 bits per heavy atom. The van der Waals surface area contributed by atoms with E-state index in [4.69, 9.17) is 9.84 Å². The number of carbonyl (C=O) groups excluding carboxylic acids is 3. The molecule has 1 heterocycles. The number of anilines is 1. The zero-order chi connectivity index (χ0) is 16.3. The summed E-state index contributed by atoms with van der Waals surface area (Å²) in [5.41, 5.74) is 1.61. The number of carbonyl (C=O) groups is 3. The van der Waals surface area contributed by atoms with Gasteiger partial charge in [0.15, 0.2) is 0 Å². The molecule has 2 N–H and O–H groups in total. The van der Waals surface area contributed by atoms with Crippen molar-refractivity contribution in [2.24, 2.45) is 0 Å². The second-order valence-corrected chi connectivity index (χ2v) is 4.67. The number of nitrogens with zero attached hydrogens (tertiary/aromatic N) is 1. The lowest BCUT2D eigenvalue weighted by atomic mass is 10.1. The van der Waals surface area contributed by atoms with Gasteiger partial charge in [-0.1, -0.05) is 6.07 Å². The van der Waals surface area contributed by atoms with Gasteiger partial charge in [-0.2, -0.15) is 0 Å². The molecule has 1 aromatic rings. The number of aliphatic hydroxyl groups excluding tert-OH is 1. The highest BCUT2D eigenvalue weighted by atomic mass is 16.5. The van der Waals surface area contributed by atoms with Gasteiger partial charge in [0, 0.05) is 11.8 Å². The molecule has 0 fully saturated rings. The first kappa shape index (κ1) is 15.7. The summed E-state index contributed by atoms with van der Waals surface area (Å²) in [6, 6.07) is 4.95. The minimum atomic E-state index is -0.512. The largest absolute Gasteiger partial charge is 0.465 e. The van der Waals surface area contributed by atoms with Crippen LogP contribution in [0.2, 0.25) is 0 Å². The minimum Gasteiger partial charge on any atom is -0.465 e. The van der Waals surface area contributed by atoms with Crippen LogP contribution in [0.5, 0.6) is 0 Å². The van der Waals surface area contributed by atoms with E-state index in [1.807, 2.05) is 0 Å². The van der Waals surface area contributed by atoms with Crippen LogP contribution in [-0.4, -0.2) is 48.1 Å². The Hall–Kier alpha value is -2.67. The van der Waals surface area contributed by atoms with E-state index in [0.29, 0.717) is 16.8 Å². The summed E-state index contributed by atoms with van der Waals surface area (Å²) in [6.45, 7) is 1.36. The van der Waals surface area contributed by atoms with Gasteiger partial charge >= 0.3 is 5.97 Å². The maximum atomic E-state index is 12.1. The number of hydrogen-bond acceptors (Lipinski definition) is 6. The van der Waals surface area contributed by atoms with Crippen molar-refractivity contribution in [3.05, 3.63) is 41.1 Å². The SMILES string of the molecule is COC(=O)c1cccc(NC2=CC(=O)N(CCO)C2=O)c1C. The first-order chi connectivity index (χ1) is 10.5. The summed E-state index contributed by atoms with van der Waals surface area (Å²) < 4.78 is 4.69. The van der Waals surface area contributed by atoms with Crippen molar-refractivity contribution >= 4 is 23.5 Å². The number of β-amino-alcohol motifs (C(OH)–C–C–N with tert-alkyl or cyclic N) is 1. The summed E-state index contributed by atoms with van der Waals surface area (Å²) in [4.78, 5) is 36.4. The van der Waals surface area contributed by atoms with Crippen LogP contribution in [0, 0.1) is 6.92 Å². The molecule has 1 aromatic carbocycles. The number of rotatable bonds is 5. The molecule has 1 aliphatic rings. The average Bonchev–Trinajstić information content (AvgIpc) is 2.76. The maximum absolute atomic E-state index is 12.1. The quantitative estimate of drug-likeness (QED) is 0.605. The third-order valence-electron chi connectivity index (χ3n) is 3.34. The first-order valence-corrected chi connectivity index (χ1v) is 6.63. The Labute approximate surface area is 127 Å². The number of hydrogen-bond donors (Lipinski definition) is 2. The maximum Gasteiger partial charge on any atom is 0.338 e. The van der Waals surface area contributed by atoms with Gasteiger partial charge in [-0.05, 0) is 24.6 Å². The van der Waals surface area contributed by atoms with Crippen molar-refractivity contribution in [2.75, 3.05) is 25.6 Å². The highest BCUT2D eigenvalue weighted by molar-refractivity contribution is 6.17. The minimum absolute atomic E-state index is 0.0550. The van der Waals surface area contributed by atoms with Crippen LogP contribution in [0.25, 0.3) is 0 Å². The smallest absolute Gasteiger partial charge is 0.338 e. The summed E-state index contributed by atoms with van der Waals surface area (Å²) in [6.07, 6.45) is 1.17.